The molecule has 0 aliphatic carbocycles. The number of furan rings is 1. The first-order valence-corrected chi connectivity index (χ1v) is 9.14. The van der Waals surface area contributed by atoms with Crippen LogP contribution in [0.2, 0.25) is 0 Å². The number of hydrogen-bond acceptors (Lipinski definition) is 5. The van der Waals surface area contributed by atoms with Gasteiger partial charge in [0.25, 0.3) is 0 Å². The van der Waals surface area contributed by atoms with Gasteiger partial charge in [0, 0.05) is 19.3 Å². The van der Waals surface area contributed by atoms with Crippen LogP contribution in [0.25, 0.3) is 11.5 Å². The smallest absolute Gasteiger partial charge is 0.208 e. The zero-order valence-electron chi connectivity index (χ0n) is 12.4. The van der Waals surface area contributed by atoms with Crippen molar-refractivity contribution in [1.29, 1.82) is 0 Å². The lowest BCUT2D eigenvalue weighted by atomic mass is 10.1. The predicted octanol–water partition coefficient (Wildman–Crippen LogP) is 1.04. The van der Waals surface area contributed by atoms with Crippen molar-refractivity contribution in [2.75, 3.05) is 25.9 Å². The van der Waals surface area contributed by atoms with Crippen LogP contribution in [0.5, 0.6) is 0 Å². The number of aromatic nitrogens is 2. The summed E-state index contributed by atoms with van der Waals surface area (Å²) in [5, 5.41) is 6.79. The number of nitrogens with zero attached hydrogens (tertiary/aromatic N) is 2. The molecule has 2 N–H and O–H groups in total. The number of hydrogen-bond donors (Lipinski definition) is 2. The topological polar surface area (TPSA) is 91.2 Å². The van der Waals surface area contributed by atoms with Crippen LogP contribution < -0.4 is 4.72 Å². The van der Waals surface area contributed by atoms with Crippen molar-refractivity contribution in [3.8, 4) is 11.5 Å². The van der Waals surface area contributed by atoms with Crippen molar-refractivity contribution in [3.63, 3.8) is 0 Å². The summed E-state index contributed by atoms with van der Waals surface area (Å²) in [4.78, 5) is 2.28. The predicted molar refractivity (Wildman–Crippen MR) is 82.5 cm³/mol. The van der Waals surface area contributed by atoms with Crippen molar-refractivity contribution in [3.05, 3.63) is 30.2 Å². The summed E-state index contributed by atoms with van der Waals surface area (Å²) >= 11 is 0. The molecule has 1 fully saturated rings. The average Bonchev–Trinajstić information content (AvgIpc) is 3.17. The Morgan fingerprint density at radius 1 is 1.45 bits per heavy atom. The van der Waals surface area contributed by atoms with E-state index in [0.29, 0.717) is 12.5 Å². The summed E-state index contributed by atoms with van der Waals surface area (Å²) in [6, 6.07) is 5.77. The van der Waals surface area contributed by atoms with Gasteiger partial charge in [-0.05, 0) is 37.1 Å². The molecule has 1 saturated heterocycles. The molecule has 8 heteroatoms. The summed E-state index contributed by atoms with van der Waals surface area (Å²) in [6.07, 6.45) is 3.88. The summed E-state index contributed by atoms with van der Waals surface area (Å²) < 4.78 is 30.7. The maximum absolute atomic E-state index is 11.1. The van der Waals surface area contributed by atoms with Gasteiger partial charge in [-0.25, -0.2) is 13.1 Å². The first-order chi connectivity index (χ1) is 10.5. The Morgan fingerprint density at radius 2 is 2.32 bits per heavy atom. The largest absolute Gasteiger partial charge is 0.458 e. The molecule has 2 aromatic heterocycles. The zero-order valence-corrected chi connectivity index (χ0v) is 13.3. The minimum absolute atomic E-state index is 0.358. The zero-order chi connectivity index (χ0) is 15.6. The van der Waals surface area contributed by atoms with Crippen LogP contribution in [-0.2, 0) is 16.6 Å². The molecule has 0 saturated carbocycles. The lowest BCUT2D eigenvalue weighted by molar-refractivity contribution is 0.288. The Morgan fingerprint density at radius 3 is 3.05 bits per heavy atom. The van der Waals surface area contributed by atoms with E-state index in [9.17, 15) is 8.42 Å². The monoisotopic (exact) mass is 324 g/mol. The quantitative estimate of drug-likeness (QED) is 0.828. The molecule has 3 heterocycles. The van der Waals surface area contributed by atoms with Crippen LogP contribution in [0.4, 0.5) is 0 Å². The van der Waals surface area contributed by atoms with Crippen molar-refractivity contribution in [2.45, 2.75) is 13.0 Å². The number of likely N-dealkylation sites (tertiary alicyclic amines) is 1. The molecule has 7 nitrogen and oxygen atoms in total. The summed E-state index contributed by atoms with van der Waals surface area (Å²) in [7, 11) is -3.11. The van der Waals surface area contributed by atoms with Gasteiger partial charge in [0.2, 0.25) is 10.0 Å². The lowest BCUT2D eigenvalue weighted by Gasteiger charge is -2.14. The first-order valence-electron chi connectivity index (χ1n) is 7.25. The van der Waals surface area contributed by atoms with Crippen LogP contribution >= 0.6 is 0 Å². The molecule has 0 radical (unpaired) electrons. The van der Waals surface area contributed by atoms with E-state index in [1.807, 2.05) is 18.2 Å². The highest BCUT2D eigenvalue weighted by Crippen LogP contribution is 2.23. The van der Waals surface area contributed by atoms with Crippen molar-refractivity contribution in [2.24, 2.45) is 5.92 Å². The minimum atomic E-state index is -3.11. The molecular formula is C14H20N4O3S. The molecule has 0 aromatic carbocycles. The molecule has 1 aliphatic heterocycles. The summed E-state index contributed by atoms with van der Waals surface area (Å²) in [6.45, 7) is 3.08. The Kier molecular flexibility index (Phi) is 4.32. The number of aromatic amines is 1. The third-order valence-corrected chi connectivity index (χ3v) is 4.50. The highest BCUT2D eigenvalue weighted by atomic mass is 32.2. The molecule has 3 rings (SSSR count). The lowest BCUT2D eigenvalue weighted by Crippen LogP contribution is -2.30. The van der Waals surface area contributed by atoms with Gasteiger partial charge >= 0.3 is 0 Å². The second-order valence-electron chi connectivity index (χ2n) is 5.75. The fourth-order valence-corrected chi connectivity index (χ4v) is 3.25. The molecule has 0 unspecified atom stereocenters. The van der Waals surface area contributed by atoms with E-state index in [4.69, 9.17) is 4.42 Å². The average molecular weight is 324 g/mol. The van der Waals surface area contributed by atoms with Gasteiger partial charge in [-0.1, -0.05) is 0 Å². The number of H-pyrrole nitrogens is 1. The molecule has 2 aromatic rings. The minimum Gasteiger partial charge on any atom is -0.458 e. The molecule has 22 heavy (non-hydrogen) atoms. The molecule has 0 spiro atoms. The van der Waals surface area contributed by atoms with E-state index < -0.39 is 10.0 Å². The molecule has 0 bridgehead atoms. The van der Waals surface area contributed by atoms with E-state index in [0.717, 1.165) is 43.3 Å². The third kappa shape index (κ3) is 3.96. The van der Waals surface area contributed by atoms with E-state index >= 15 is 0 Å². The van der Waals surface area contributed by atoms with Gasteiger partial charge in [0.15, 0.2) is 5.76 Å². The van der Waals surface area contributed by atoms with Crippen LogP contribution in [0.3, 0.4) is 0 Å². The molecule has 120 valence electrons. The number of rotatable bonds is 6. The Balaban J connectivity index is 1.52. The van der Waals surface area contributed by atoms with Crippen LogP contribution in [0.15, 0.2) is 28.8 Å². The Labute approximate surface area is 129 Å². The van der Waals surface area contributed by atoms with Crippen LogP contribution in [-0.4, -0.2) is 49.4 Å². The maximum Gasteiger partial charge on any atom is 0.208 e. The highest BCUT2D eigenvalue weighted by molar-refractivity contribution is 7.88. The second kappa shape index (κ2) is 6.23. The Bertz CT molecular complexity index is 708. The highest BCUT2D eigenvalue weighted by Gasteiger charge is 2.24. The van der Waals surface area contributed by atoms with Crippen molar-refractivity contribution in [1.82, 2.24) is 19.8 Å². The van der Waals surface area contributed by atoms with Gasteiger partial charge in [-0.2, -0.15) is 5.10 Å². The molecule has 1 aliphatic rings. The second-order valence-corrected chi connectivity index (χ2v) is 7.58. The molecular weight excluding hydrogens is 304 g/mol. The van der Waals surface area contributed by atoms with Crippen molar-refractivity contribution < 1.29 is 12.8 Å². The molecule has 1 atom stereocenters. The SMILES string of the molecule is CS(=O)(=O)NC[C@@H]1CCN(Cc2ccc(-c3ccn[nH]3)o2)C1. The number of nitrogens with one attached hydrogen (secondary N) is 2. The van der Waals surface area contributed by atoms with E-state index in [2.05, 4.69) is 19.8 Å². The molecule has 0 amide bonds. The maximum atomic E-state index is 11.1. The van der Waals surface area contributed by atoms with E-state index in [-0.39, 0.29) is 0 Å². The van der Waals surface area contributed by atoms with Gasteiger partial charge < -0.3 is 4.42 Å². The van der Waals surface area contributed by atoms with Gasteiger partial charge in [-0.3, -0.25) is 10.00 Å². The van der Waals surface area contributed by atoms with Gasteiger partial charge in [0.05, 0.1) is 12.8 Å². The standard InChI is InChI=1S/C14H20N4O3S/c1-22(19,20)16-8-11-5-7-18(9-11)10-12-2-3-14(21-12)13-4-6-15-17-13/h2-4,6,11,16H,5,7-10H2,1H3,(H,15,17)/t11-/m0/s1. The fraction of sp³-hybridized carbons (Fsp3) is 0.500. The van der Waals surface area contributed by atoms with Crippen molar-refractivity contribution >= 4 is 10.0 Å². The fourth-order valence-electron chi connectivity index (χ4n) is 2.71. The Hall–Kier alpha value is -1.64. The summed E-state index contributed by atoms with van der Waals surface area (Å²) in [5.41, 5.74) is 0.864. The number of sulfonamides is 1. The van der Waals surface area contributed by atoms with Gasteiger partial charge in [0.1, 0.15) is 11.5 Å². The van der Waals surface area contributed by atoms with E-state index in [1.165, 1.54) is 6.26 Å². The normalized spacial score (nSPS) is 19.8. The van der Waals surface area contributed by atoms with Crippen LogP contribution in [0.1, 0.15) is 12.2 Å². The summed E-state index contributed by atoms with van der Waals surface area (Å²) in [5.74, 6) is 2.04. The van der Waals surface area contributed by atoms with Crippen LogP contribution in [0, 0.1) is 5.92 Å². The first kappa shape index (κ1) is 15.3. The van der Waals surface area contributed by atoms with E-state index in [1.54, 1.807) is 6.20 Å². The van der Waals surface area contributed by atoms with Gasteiger partial charge in [-0.15, -0.1) is 0 Å². The third-order valence-electron chi connectivity index (χ3n) is 3.81.